The van der Waals surface area contributed by atoms with E-state index in [9.17, 15) is 9.59 Å². The third-order valence-electron chi connectivity index (χ3n) is 3.75. The Kier molecular flexibility index (Phi) is 5.83. The molecule has 0 unspecified atom stereocenters. The molecule has 0 aromatic heterocycles. The second-order valence-electron chi connectivity index (χ2n) is 6.42. The Morgan fingerprint density at radius 1 is 1.16 bits per heavy atom. The first-order valence-corrected chi connectivity index (χ1v) is 7.43. The van der Waals surface area contributed by atoms with Crippen LogP contribution >= 0.6 is 0 Å². The maximum absolute atomic E-state index is 12.4. The number of piperidine rings is 1. The van der Waals surface area contributed by atoms with Crippen molar-refractivity contribution in [2.24, 2.45) is 11.3 Å². The molecule has 0 atom stereocenters. The molecule has 0 saturated carbocycles. The summed E-state index contributed by atoms with van der Waals surface area (Å²) in [4.78, 5) is 26.4. The van der Waals surface area contributed by atoms with E-state index in [2.05, 4.69) is 19.2 Å². The van der Waals surface area contributed by atoms with Crippen molar-refractivity contribution in [3.8, 4) is 0 Å². The van der Waals surface area contributed by atoms with Crippen molar-refractivity contribution in [2.75, 3.05) is 19.6 Å². The number of nitrogens with one attached hydrogen (secondary N) is 1. The summed E-state index contributed by atoms with van der Waals surface area (Å²) in [5.41, 5.74) is -0.950. The van der Waals surface area contributed by atoms with E-state index in [0.717, 1.165) is 32.4 Å². The van der Waals surface area contributed by atoms with Gasteiger partial charge in [-0.05, 0) is 45.4 Å². The van der Waals surface area contributed by atoms with Crippen LogP contribution in [0.5, 0.6) is 0 Å². The van der Waals surface area contributed by atoms with Crippen LogP contribution in [0.25, 0.3) is 0 Å². The molecule has 1 fully saturated rings. The molecular weight excluding hydrogens is 240 g/mol. The summed E-state index contributed by atoms with van der Waals surface area (Å²) in [5, 5.41) is 2.89. The molecule has 4 heteroatoms. The Labute approximate surface area is 116 Å². The zero-order valence-electron chi connectivity index (χ0n) is 12.8. The summed E-state index contributed by atoms with van der Waals surface area (Å²) >= 11 is 0. The lowest BCUT2D eigenvalue weighted by Gasteiger charge is -2.33. The third kappa shape index (κ3) is 4.51. The first-order valence-electron chi connectivity index (χ1n) is 7.43. The van der Waals surface area contributed by atoms with E-state index in [0.29, 0.717) is 12.5 Å². The van der Waals surface area contributed by atoms with Crippen LogP contribution in [-0.2, 0) is 9.59 Å². The lowest BCUT2D eigenvalue weighted by Crippen LogP contribution is -2.51. The molecule has 0 bridgehead atoms. The maximum atomic E-state index is 12.4. The summed E-state index contributed by atoms with van der Waals surface area (Å²) in [5.74, 6) is 0.374. The number of hydrogen-bond donors (Lipinski definition) is 1. The fourth-order valence-electron chi connectivity index (χ4n) is 2.28. The predicted octanol–water partition coefficient (Wildman–Crippen LogP) is 2.19. The van der Waals surface area contributed by atoms with Gasteiger partial charge in [0.15, 0.2) is 0 Å². The molecule has 19 heavy (non-hydrogen) atoms. The number of carbonyl (C=O) groups is 2. The van der Waals surface area contributed by atoms with Gasteiger partial charge in [0.1, 0.15) is 5.41 Å². The van der Waals surface area contributed by atoms with Gasteiger partial charge in [-0.3, -0.25) is 9.59 Å². The Bertz CT molecular complexity index is 318. The van der Waals surface area contributed by atoms with Crippen molar-refractivity contribution < 1.29 is 9.59 Å². The van der Waals surface area contributed by atoms with Gasteiger partial charge in [0.2, 0.25) is 11.8 Å². The van der Waals surface area contributed by atoms with Crippen LogP contribution in [-0.4, -0.2) is 36.3 Å². The number of hydrogen-bond acceptors (Lipinski definition) is 2. The molecule has 110 valence electrons. The van der Waals surface area contributed by atoms with E-state index in [1.807, 2.05) is 4.90 Å². The van der Waals surface area contributed by atoms with E-state index in [-0.39, 0.29) is 11.8 Å². The molecule has 1 heterocycles. The highest BCUT2D eigenvalue weighted by Gasteiger charge is 2.39. The van der Waals surface area contributed by atoms with Gasteiger partial charge >= 0.3 is 0 Å². The fourth-order valence-corrected chi connectivity index (χ4v) is 2.28. The zero-order chi connectivity index (χ0) is 14.5. The summed E-state index contributed by atoms with van der Waals surface area (Å²) < 4.78 is 0. The molecule has 0 aromatic rings. The van der Waals surface area contributed by atoms with Gasteiger partial charge in [-0.15, -0.1) is 0 Å². The van der Waals surface area contributed by atoms with E-state index < -0.39 is 5.41 Å². The van der Waals surface area contributed by atoms with Crippen LogP contribution < -0.4 is 5.32 Å². The summed E-state index contributed by atoms with van der Waals surface area (Å²) in [6.45, 7) is 9.94. The van der Waals surface area contributed by atoms with Crippen LogP contribution in [0, 0.1) is 11.3 Å². The monoisotopic (exact) mass is 268 g/mol. The lowest BCUT2D eigenvalue weighted by molar-refractivity contribution is -0.149. The maximum Gasteiger partial charge on any atom is 0.237 e. The summed E-state index contributed by atoms with van der Waals surface area (Å²) in [7, 11) is 0. The van der Waals surface area contributed by atoms with Crippen LogP contribution in [0.2, 0.25) is 0 Å². The van der Waals surface area contributed by atoms with Gasteiger partial charge in [0.05, 0.1) is 0 Å². The highest BCUT2D eigenvalue weighted by Crippen LogP contribution is 2.22. The molecule has 0 aromatic carbocycles. The molecule has 1 rings (SSSR count). The molecule has 4 nitrogen and oxygen atoms in total. The Morgan fingerprint density at radius 2 is 1.74 bits per heavy atom. The molecule has 1 N–H and O–H groups in total. The van der Waals surface area contributed by atoms with Crippen LogP contribution in [0.3, 0.4) is 0 Å². The number of amides is 2. The second-order valence-corrected chi connectivity index (χ2v) is 6.42. The first-order chi connectivity index (χ1) is 8.85. The Balaban J connectivity index is 2.52. The minimum absolute atomic E-state index is 0.0331. The predicted molar refractivity (Wildman–Crippen MR) is 76.7 cm³/mol. The Morgan fingerprint density at radius 3 is 2.26 bits per heavy atom. The highest BCUT2D eigenvalue weighted by molar-refractivity contribution is 6.04. The van der Waals surface area contributed by atoms with Crippen molar-refractivity contribution >= 4 is 11.8 Å². The van der Waals surface area contributed by atoms with Gasteiger partial charge in [-0.1, -0.05) is 13.8 Å². The quantitative estimate of drug-likeness (QED) is 0.777. The van der Waals surface area contributed by atoms with E-state index >= 15 is 0 Å². The van der Waals surface area contributed by atoms with E-state index in [4.69, 9.17) is 0 Å². The van der Waals surface area contributed by atoms with Crippen molar-refractivity contribution in [2.45, 2.75) is 53.4 Å². The molecule has 1 saturated heterocycles. The first kappa shape index (κ1) is 16.0. The highest BCUT2D eigenvalue weighted by atomic mass is 16.2. The molecule has 0 radical (unpaired) electrons. The van der Waals surface area contributed by atoms with Crippen LogP contribution in [0.4, 0.5) is 0 Å². The van der Waals surface area contributed by atoms with E-state index in [1.165, 1.54) is 6.42 Å². The van der Waals surface area contributed by atoms with Crippen LogP contribution in [0.1, 0.15) is 53.4 Å². The van der Waals surface area contributed by atoms with Crippen molar-refractivity contribution in [1.29, 1.82) is 0 Å². The molecular formula is C15H28N2O2. The zero-order valence-corrected chi connectivity index (χ0v) is 12.8. The molecule has 2 amide bonds. The number of likely N-dealkylation sites (tertiary alicyclic amines) is 1. The lowest BCUT2D eigenvalue weighted by atomic mass is 9.89. The average Bonchev–Trinajstić information content (AvgIpc) is 2.38. The number of carbonyl (C=O) groups excluding carboxylic acids is 2. The van der Waals surface area contributed by atoms with Gasteiger partial charge in [0, 0.05) is 19.6 Å². The second kappa shape index (κ2) is 6.92. The van der Waals surface area contributed by atoms with Gasteiger partial charge in [-0.2, -0.15) is 0 Å². The summed E-state index contributed by atoms with van der Waals surface area (Å²) in [6, 6.07) is 0. The third-order valence-corrected chi connectivity index (χ3v) is 3.75. The largest absolute Gasteiger partial charge is 0.355 e. The Hall–Kier alpha value is -1.06. The van der Waals surface area contributed by atoms with Crippen molar-refractivity contribution in [1.82, 2.24) is 10.2 Å². The number of nitrogens with zero attached hydrogens (tertiary/aromatic N) is 1. The number of rotatable bonds is 5. The SMILES string of the molecule is CC(C)CCNC(=O)C(C)(C)C(=O)N1CCCCC1. The minimum Gasteiger partial charge on any atom is -0.355 e. The molecule has 0 aliphatic carbocycles. The van der Waals surface area contributed by atoms with Gasteiger partial charge < -0.3 is 10.2 Å². The van der Waals surface area contributed by atoms with Crippen molar-refractivity contribution in [3.63, 3.8) is 0 Å². The van der Waals surface area contributed by atoms with Gasteiger partial charge in [-0.25, -0.2) is 0 Å². The molecule has 1 aliphatic rings. The standard InChI is InChI=1S/C15H28N2O2/c1-12(2)8-9-16-13(18)15(3,4)14(19)17-10-6-5-7-11-17/h12H,5-11H2,1-4H3,(H,16,18). The smallest absolute Gasteiger partial charge is 0.237 e. The van der Waals surface area contributed by atoms with Crippen molar-refractivity contribution in [3.05, 3.63) is 0 Å². The molecule has 0 spiro atoms. The average molecular weight is 268 g/mol. The minimum atomic E-state index is -0.950. The fraction of sp³-hybridized carbons (Fsp3) is 0.867. The normalized spacial score (nSPS) is 16.6. The van der Waals surface area contributed by atoms with Gasteiger partial charge in [0.25, 0.3) is 0 Å². The molecule has 1 aliphatic heterocycles. The topological polar surface area (TPSA) is 49.4 Å². The summed E-state index contributed by atoms with van der Waals surface area (Å²) in [6.07, 6.45) is 4.23. The van der Waals surface area contributed by atoms with E-state index in [1.54, 1.807) is 13.8 Å². The van der Waals surface area contributed by atoms with Crippen LogP contribution in [0.15, 0.2) is 0 Å².